The molecule has 0 amide bonds. The van der Waals surface area contributed by atoms with Crippen LogP contribution in [0, 0.1) is 5.82 Å². The summed E-state index contributed by atoms with van der Waals surface area (Å²) in [5.41, 5.74) is 1.45. The van der Waals surface area contributed by atoms with Crippen LogP contribution in [0.3, 0.4) is 0 Å². The van der Waals surface area contributed by atoms with Crippen LogP contribution in [-0.2, 0) is 6.42 Å². The molecule has 21 heavy (non-hydrogen) atoms. The van der Waals surface area contributed by atoms with Gasteiger partial charge in [0.25, 0.3) is 0 Å². The molecule has 0 bridgehead atoms. The van der Waals surface area contributed by atoms with E-state index >= 15 is 0 Å². The highest BCUT2D eigenvalue weighted by atomic mass is 19.1. The Morgan fingerprint density at radius 1 is 1.24 bits per heavy atom. The van der Waals surface area contributed by atoms with Gasteiger partial charge in [0, 0.05) is 18.7 Å². The number of nitrogens with one attached hydrogen (secondary N) is 1. The molecule has 0 saturated carbocycles. The van der Waals surface area contributed by atoms with Crippen molar-refractivity contribution < 1.29 is 9.18 Å². The Labute approximate surface area is 123 Å². The molecule has 0 spiro atoms. The number of hydrogen-bond donors (Lipinski definition) is 1. The van der Waals surface area contributed by atoms with Crippen molar-refractivity contribution in [1.29, 1.82) is 0 Å². The first-order valence-electron chi connectivity index (χ1n) is 7.39. The van der Waals surface area contributed by atoms with Crippen LogP contribution in [0.2, 0.25) is 0 Å². The quantitative estimate of drug-likeness (QED) is 0.877. The first kappa shape index (κ1) is 14.0. The summed E-state index contributed by atoms with van der Waals surface area (Å²) in [5.74, 6) is -0.252. The minimum Gasteiger partial charge on any atom is -0.342 e. The summed E-state index contributed by atoms with van der Waals surface area (Å²) in [5, 5.41) is 3.33. The highest BCUT2D eigenvalue weighted by Crippen LogP contribution is 2.22. The van der Waals surface area contributed by atoms with Gasteiger partial charge in [-0.05, 0) is 55.8 Å². The molecule has 3 rings (SSSR count). The smallest absolute Gasteiger partial charge is 0.183 e. The lowest BCUT2D eigenvalue weighted by Crippen LogP contribution is -2.30. The van der Waals surface area contributed by atoms with Crippen LogP contribution in [0.5, 0.6) is 0 Å². The molecular weight excluding hydrogens is 267 g/mol. The van der Waals surface area contributed by atoms with E-state index in [1.807, 2.05) is 18.3 Å². The van der Waals surface area contributed by atoms with Crippen molar-refractivity contribution in [2.24, 2.45) is 0 Å². The van der Waals surface area contributed by atoms with E-state index in [-0.39, 0.29) is 18.0 Å². The van der Waals surface area contributed by atoms with Crippen LogP contribution < -0.4 is 5.32 Å². The molecule has 1 aliphatic rings. The molecule has 1 aromatic carbocycles. The summed E-state index contributed by atoms with van der Waals surface area (Å²) < 4.78 is 15.3. The number of nitrogens with zero attached hydrogens (tertiary/aromatic N) is 1. The molecule has 4 heteroatoms. The Hall–Kier alpha value is -1.94. The summed E-state index contributed by atoms with van der Waals surface area (Å²) in [4.78, 5) is 12.5. The molecule has 110 valence electrons. The van der Waals surface area contributed by atoms with Crippen molar-refractivity contribution in [3.05, 3.63) is 59.7 Å². The zero-order valence-electron chi connectivity index (χ0n) is 11.9. The van der Waals surface area contributed by atoms with Crippen molar-refractivity contribution in [3.8, 4) is 0 Å². The van der Waals surface area contributed by atoms with Crippen LogP contribution >= 0.6 is 0 Å². The van der Waals surface area contributed by atoms with Gasteiger partial charge in [0.2, 0.25) is 0 Å². The fourth-order valence-electron chi connectivity index (χ4n) is 2.96. The van der Waals surface area contributed by atoms with Gasteiger partial charge in [0.05, 0.1) is 5.69 Å². The third kappa shape index (κ3) is 3.22. The first-order chi connectivity index (χ1) is 10.2. The number of piperidine rings is 1. The topological polar surface area (TPSA) is 34.0 Å². The lowest BCUT2D eigenvalue weighted by Gasteiger charge is -2.25. The minimum absolute atomic E-state index is 0.0455. The van der Waals surface area contributed by atoms with E-state index in [0.717, 1.165) is 37.2 Å². The summed E-state index contributed by atoms with van der Waals surface area (Å²) >= 11 is 0. The van der Waals surface area contributed by atoms with E-state index in [0.29, 0.717) is 6.04 Å². The normalized spacial score (nSPS) is 16.0. The standard InChI is InChI=1S/C17H19FN2O/c18-14-4-1-3-13(11-14)12-17(21)16-5-2-10-20(16)15-6-8-19-9-7-15/h1-5,10-11,15,19H,6-9,12H2. The van der Waals surface area contributed by atoms with Gasteiger partial charge < -0.3 is 9.88 Å². The number of carbonyl (C=O) groups is 1. The second-order valence-corrected chi connectivity index (χ2v) is 5.51. The third-order valence-corrected chi connectivity index (χ3v) is 4.02. The van der Waals surface area contributed by atoms with Gasteiger partial charge in [-0.3, -0.25) is 4.79 Å². The predicted octanol–water partition coefficient (Wildman–Crippen LogP) is 2.98. The molecule has 1 fully saturated rings. The lowest BCUT2D eigenvalue weighted by atomic mass is 10.0. The van der Waals surface area contributed by atoms with Gasteiger partial charge in [-0.15, -0.1) is 0 Å². The van der Waals surface area contributed by atoms with Crippen molar-refractivity contribution in [3.63, 3.8) is 0 Å². The maximum atomic E-state index is 13.2. The van der Waals surface area contributed by atoms with Crippen molar-refractivity contribution in [2.45, 2.75) is 25.3 Å². The lowest BCUT2D eigenvalue weighted by molar-refractivity contribution is 0.0980. The summed E-state index contributed by atoms with van der Waals surface area (Å²) in [6.07, 6.45) is 4.30. The molecule has 2 aromatic rings. The summed E-state index contributed by atoms with van der Waals surface area (Å²) in [6.45, 7) is 1.97. The second-order valence-electron chi connectivity index (χ2n) is 5.51. The number of Topliss-reactive ketones (excluding diaryl/α,β-unsaturated/α-hetero) is 1. The Bertz CT molecular complexity index is 629. The van der Waals surface area contributed by atoms with Gasteiger partial charge in [-0.25, -0.2) is 4.39 Å². The van der Waals surface area contributed by atoms with E-state index in [4.69, 9.17) is 0 Å². The van der Waals surface area contributed by atoms with Crippen LogP contribution in [0.4, 0.5) is 4.39 Å². The van der Waals surface area contributed by atoms with E-state index < -0.39 is 0 Å². The summed E-state index contributed by atoms with van der Waals surface area (Å²) in [6, 6.07) is 10.4. The van der Waals surface area contributed by atoms with Crippen LogP contribution in [0.1, 0.15) is 34.9 Å². The van der Waals surface area contributed by atoms with E-state index in [1.165, 1.54) is 12.1 Å². The number of halogens is 1. The van der Waals surface area contributed by atoms with Gasteiger partial charge in [0.1, 0.15) is 5.82 Å². The average molecular weight is 286 g/mol. The number of aromatic nitrogens is 1. The minimum atomic E-state index is -0.297. The molecule has 3 nitrogen and oxygen atoms in total. The fraction of sp³-hybridized carbons (Fsp3) is 0.353. The molecule has 0 aliphatic carbocycles. The van der Waals surface area contributed by atoms with Crippen LogP contribution in [-0.4, -0.2) is 23.4 Å². The largest absolute Gasteiger partial charge is 0.342 e. The molecule has 2 heterocycles. The molecule has 0 radical (unpaired) electrons. The number of ketones is 1. The monoisotopic (exact) mass is 286 g/mol. The second kappa shape index (κ2) is 6.22. The Morgan fingerprint density at radius 2 is 2.05 bits per heavy atom. The molecule has 1 aliphatic heterocycles. The molecule has 1 N–H and O–H groups in total. The maximum absolute atomic E-state index is 13.2. The Kier molecular flexibility index (Phi) is 4.15. The maximum Gasteiger partial charge on any atom is 0.183 e. The highest BCUT2D eigenvalue weighted by Gasteiger charge is 2.20. The predicted molar refractivity (Wildman–Crippen MR) is 80.0 cm³/mol. The van der Waals surface area contributed by atoms with Crippen molar-refractivity contribution >= 4 is 5.78 Å². The average Bonchev–Trinajstić information content (AvgIpc) is 2.98. The van der Waals surface area contributed by atoms with E-state index in [1.54, 1.807) is 12.1 Å². The van der Waals surface area contributed by atoms with Gasteiger partial charge in [-0.1, -0.05) is 12.1 Å². The van der Waals surface area contributed by atoms with Crippen LogP contribution in [0.25, 0.3) is 0 Å². The van der Waals surface area contributed by atoms with Gasteiger partial charge in [-0.2, -0.15) is 0 Å². The zero-order chi connectivity index (χ0) is 14.7. The number of benzene rings is 1. The van der Waals surface area contributed by atoms with Crippen molar-refractivity contribution in [1.82, 2.24) is 9.88 Å². The van der Waals surface area contributed by atoms with E-state index in [2.05, 4.69) is 9.88 Å². The molecule has 1 aromatic heterocycles. The summed E-state index contributed by atoms with van der Waals surface area (Å²) in [7, 11) is 0. The SMILES string of the molecule is O=C(Cc1cccc(F)c1)c1cccn1C1CCNCC1. The molecule has 0 atom stereocenters. The fourth-order valence-corrected chi connectivity index (χ4v) is 2.96. The number of carbonyl (C=O) groups excluding carboxylic acids is 1. The molecule has 0 unspecified atom stereocenters. The highest BCUT2D eigenvalue weighted by molar-refractivity contribution is 5.96. The number of hydrogen-bond acceptors (Lipinski definition) is 2. The third-order valence-electron chi connectivity index (χ3n) is 4.02. The van der Waals surface area contributed by atoms with Gasteiger partial charge in [0.15, 0.2) is 5.78 Å². The number of rotatable bonds is 4. The van der Waals surface area contributed by atoms with Gasteiger partial charge >= 0.3 is 0 Å². The zero-order valence-corrected chi connectivity index (χ0v) is 11.9. The first-order valence-corrected chi connectivity index (χ1v) is 7.39. The Balaban J connectivity index is 1.77. The van der Waals surface area contributed by atoms with Crippen LogP contribution in [0.15, 0.2) is 42.6 Å². The van der Waals surface area contributed by atoms with E-state index in [9.17, 15) is 9.18 Å². The molecule has 1 saturated heterocycles. The molecular formula is C17H19FN2O. The van der Waals surface area contributed by atoms with Crippen molar-refractivity contribution in [2.75, 3.05) is 13.1 Å². The Morgan fingerprint density at radius 3 is 2.81 bits per heavy atom.